The fourth-order valence-electron chi connectivity index (χ4n) is 3.60. The van der Waals surface area contributed by atoms with Crippen LogP contribution in [0.25, 0.3) is 11.0 Å². The Balaban J connectivity index is 1.65. The molecule has 26 heavy (non-hydrogen) atoms. The fourth-order valence-corrected chi connectivity index (χ4v) is 4.98. The third kappa shape index (κ3) is 4.10. The van der Waals surface area contributed by atoms with Gasteiger partial charge in [0.2, 0.25) is 10.0 Å². The molecule has 2 atom stereocenters. The predicted molar refractivity (Wildman–Crippen MR) is 102 cm³/mol. The number of carbonyl (C=O) groups is 1. The Bertz CT molecular complexity index is 917. The molecule has 1 aromatic carbocycles. The van der Waals surface area contributed by atoms with Crippen LogP contribution >= 0.6 is 0 Å². The van der Waals surface area contributed by atoms with Gasteiger partial charge in [-0.25, -0.2) is 13.1 Å². The zero-order chi connectivity index (χ0) is 18.9. The number of amides is 1. The van der Waals surface area contributed by atoms with E-state index in [9.17, 15) is 13.2 Å². The molecule has 1 heterocycles. The van der Waals surface area contributed by atoms with Gasteiger partial charge in [-0.3, -0.25) is 4.79 Å². The molecule has 0 bridgehead atoms. The normalized spacial score (nSPS) is 20.6. The number of rotatable bonds is 6. The summed E-state index contributed by atoms with van der Waals surface area (Å²) in [6.07, 6.45) is 2.68. The maximum absolute atomic E-state index is 12.6. The Kier molecular flexibility index (Phi) is 5.39. The number of nitrogens with one attached hydrogen (secondary N) is 2. The highest BCUT2D eigenvalue weighted by molar-refractivity contribution is 7.89. The molecule has 2 N–H and O–H groups in total. The molecule has 0 saturated heterocycles. The van der Waals surface area contributed by atoms with E-state index in [1.165, 1.54) is 0 Å². The number of sulfonamides is 1. The van der Waals surface area contributed by atoms with Crippen LogP contribution in [0, 0.1) is 13.8 Å². The van der Waals surface area contributed by atoms with Crippen molar-refractivity contribution >= 4 is 26.9 Å². The topological polar surface area (TPSA) is 88.4 Å². The van der Waals surface area contributed by atoms with Crippen molar-refractivity contribution < 1.29 is 17.6 Å². The van der Waals surface area contributed by atoms with Gasteiger partial charge in [0.25, 0.3) is 5.91 Å². The van der Waals surface area contributed by atoms with Crippen molar-refractivity contribution in [3.63, 3.8) is 0 Å². The van der Waals surface area contributed by atoms with Crippen molar-refractivity contribution in [2.45, 2.75) is 58.5 Å². The van der Waals surface area contributed by atoms with Crippen molar-refractivity contribution in [3.05, 3.63) is 35.1 Å². The number of carbonyl (C=O) groups excluding carboxylic acids is 1. The molecular formula is C19H26N2O4S. The molecule has 6 nitrogen and oxygen atoms in total. The van der Waals surface area contributed by atoms with Crippen LogP contribution < -0.4 is 10.0 Å². The molecule has 1 amide bonds. The number of aryl methyl sites for hydroxylation is 2. The molecule has 1 aliphatic rings. The van der Waals surface area contributed by atoms with Crippen LogP contribution in [0.3, 0.4) is 0 Å². The molecule has 0 radical (unpaired) electrons. The molecule has 3 rings (SSSR count). The van der Waals surface area contributed by atoms with Crippen LogP contribution in [-0.4, -0.2) is 32.2 Å². The van der Waals surface area contributed by atoms with Gasteiger partial charge in [0.15, 0.2) is 5.76 Å². The quantitative estimate of drug-likeness (QED) is 0.809. The lowest BCUT2D eigenvalue weighted by Crippen LogP contribution is -2.38. The number of furan rings is 1. The lowest BCUT2D eigenvalue weighted by molar-refractivity contribution is 0.0911. The number of fused-ring (bicyclic) bond motifs is 1. The molecule has 1 fully saturated rings. The molecule has 1 aliphatic carbocycles. The van der Waals surface area contributed by atoms with Gasteiger partial charge in [0.05, 0.1) is 5.75 Å². The van der Waals surface area contributed by atoms with Crippen LogP contribution in [0.5, 0.6) is 0 Å². The van der Waals surface area contributed by atoms with Crippen LogP contribution in [0.15, 0.2) is 22.6 Å². The Morgan fingerprint density at radius 3 is 2.69 bits per heavy atom. The van der Waals surface area contributed by atoms with Gasteiger partial charge in [-0.2, -0.15) is 0 Å². The fraction of sp³-hybridized carbons (Fsp3) is 0.526. The average molecular weight is 378 g/mol. The average Bonchev–Trinajstić information content (AvgIpc) is 3.11. The molecule has 0 spiro atoms. The molecule has 2 aromatic rings. The van der Waals surface area contributed by atoms with E-state index in [1.807, 2.05) is 39.0 Å². The van der Waals surface area contributed by atoms with Gasteiger partial charge in [-0.15, -0.1) is 0 Å². The van der Waals surface area contributed by atoms with E-state index in [0.29, 0.717) is 24.2 Å². The van der Waals surface area contributed by atoms with Crippen LogP contribution in [0.4, 0.5) is 0 Å². The summed E-state index contributed by atoms with van der Waals surface area (Å²) in [5, 5.41) is 3.93. The third-order valence-electron chi connectivity index (χ3n) is 4.89. The van der Waals surface area contributed by atoms with Crippen molar-refractivity contribution in [2.24, 2.45) is 0 Å². The van der Waals surface area contributed by atoms with E-state index in [4.69, 9.17) is 4.42 Å². The first-order valence-electron chi connectivity index (χ1n) is 9.09. The second-order valence-electron chi connectivity index (χ2n) is 7.17. The monoisotopic (exact) mass is 378 g/mol. The second-order valence-corrected chi connectivity index (χ2v) is 9.05. The van der Waals surface area contributed by atoms with Gasteiger partial charge in [0, 0.05) is 23.0 Å². The SMILES string of the molecule is CCCS(=O)(=O)N[C@H]1CC[C@@H](NC(=O)c2oc3cc(C)ccc3c2C)C1. The van der Waals surface area contributed by atoms with E-state index in [2.05, 4.69) is 10.0 Å². The molecule has 0 aliphatic heterocycles. The van der Waals surface area contributed by atoms with Crippen molar-refractivity contribution in [1.82, 2.24) is 10.0 Å². The van der Waals surface area contributed by atoms with Gasteiger partial charge in [0.1, 0.15) is 5.58 Å². The first-order valence-corrected chi connectivity index (χ1v) is 10.7. The summed E-state index contributed by atoms with van der Waals surface area (Å²) < 4.78 is 32.3. The minimum absolute atomic E-state index is 0.0498. The summed E-state index contributed by atoms with van der Waals surface area (Å²) >= 11 is 0. The number of hydrogen-bond donors (Lipinski definition) is 2. The Hall–Kier alpha value is -1.86. The lowest BCUT2D eigenvalue weighted by Gasteiger charge is -2.14. The first kappa shape index (κ1) is 18.9. The van der Waals surface area contributed by atoms with Crippen molar-refractivity contribution in [3.8, 4) is 0 Å². The van der Waals surface area contributed by atoms with E-state index >= 15 is 0 Å². The minimum Gasteiger partial charge on any atom is -0.451 e. The van der Waals surface area contributed by atoms with E-state index in [1.54, 1.807) is 0 Å². The third-order valence-corrected chi connectivity index (χ3v) is 6.53. The van der Waals surface area contributed by atoms with Gasteiger partial charge in [-0.1, -0.05) is 19.1 Å². The molecular weight excluding hydrogens is 352 g/mol. The summed E-state index contributed by atoms with van der Waals surface area (Å²) in [5.41, 5.74) is 2.62. The molecule has 0 unspecified atom stereocenters. The second kappa shape index (κ2) is 7.40. The molecule has 1 saturated carbocycles. The maximum Gasteiger partial charge on any atom is 0.287 e. The first-order chi connectivity index (χ1) is 12.3. The summed E-state index contributed by atoms with van der Waals surface area (Å²) in [4.78, 5) is 12.6. The van der Waals surface area contributed by atoms with E-state index in [0.717, 1.165) is 29.4 Å². The van der Waals surface area contributed by atoms with Crippen LogP contribution in [0.2, 0.25) is 0 Å². The minimum atomic E-state index is -3.23. The summed E-state index contributed by atoms with van der Waals surface area (Å²) in [7, 11) is -3.23. The Morgan fingerprint density at radius 2 is 1.96 bits per heavy atom. The molecule has 7 heteroatoms. The van der Waals surface area contributed by atoms with Gasteiger partial charge < -0.3 is 9.73 Å². The highest BCUT2D eigenvalue weighted by atomic mass is 32.2. The molecule has 142 valence electrons. The van der Waals surface area contributed by atoms with Gasteiger partial charge in [-0.05, 0) is 51.2 Å². The Labute approximate surface area is 154 Å². The largest absolute Gasteiger partial charge is 0.451 e. The van der Waals surface area contributed by atoms with Crippen molar-refractivity contribution in [1.29, 1.82) is 0 Å². The summed E-state index contributed by atoms with van der Waals surface area (Å²) in [6, 6.07) is 5.72. The van der Waals surface area contributed by atoms with Crippen LogP contribution in [0.1, 0.15) is 54.3 Å². The summed E-state index contributed by atoms with van der Waals surface area (Å²) in [5.74, 6) is 0.233. The lowest BCUT2D eigenvalue weighted by atomic mass is 10.1. The van der Waals surface area contributed by atoms with Crippen molar-refractivity contribution in [2.75, 3.05) is 5.75 Å². The summed E-state index contributed by atoms with van der Waals surface area (Å²) in [6.45, 7) is 5.70. The zero-order valence-electron chi connectivity index (χ0n) is 15.5. The maximum atomic E-state index is 12.6. The van der Waals surface area contributed by atoms with Gasteiger partial charge >= 0.3 is 0 Å². The Morgan fingerprint density at radius 1 is 1.23 bits per heavy atom. The predicted octanol–water partition coefficient (Wildman–Crippen LogP) is 3.03. The standard InChI is InChI=1S/C19H26N2O4S/c1-4-9-26(23,24)21-15-7-6-14(11-15)20-19(22)18-13(3)16-8-5-12(2)10-17(16)25-18/h5,8,10,14-15,21H,4,6-7,9,11H2,1-3H3,(H,20,22)/t14-,15+/m1/s1. The van der Waals surface area contributed by atoms with Crippen LogP contribution in [-0.2, 0) is 10.0 Å². The number of hydrogen-bond acceptors (Lipinski definition) is 4. The van der Waals surface area contributed by atoms with E-state index < -0.39 is 10.0 Å². The molecule has 1 aromatic heterocycles. The highest BCUT2D eigenvalue weighted by Crippen LogP contribution is 2.27. The zero-order valence-corrected chi connectivity index (χ0v) is 16.3. The highest BCUT2D eigenvalue weighted by Gasteiger charge is 2.30. The smallest absolute Gasteiger partial charge is 0.287 e. The number of benzene rings is 1. The van der Waals surface area contributed by atoms with E-state index in [-0.39, 0.29) is 23.7 Å².